The Hall–Kier alpha value is -2.83. The van der Waals surface area contributed by atoms with Crippen LogP contribution in [0.15, 0.2) is 27.8 Å². The van der Waals surface area contributed by atoms with Gasteiger partial charge < -0.3 is 9.47 Å². The van der Waals surface area contributed by atoms with Gasteiger partial charge in [0.2, 0.25) is 5.95 Å². The highest BCUT2D eigenvalue weighted by Crippen LogP contribution is 2.32. The van der Waals surface area contributed by atoms with Crippen molar-refractivity contribution in [1.29, 1.82) is 0 Å². The fourth-order valence-electron chi connectivity index (χ4n) is 3.80. The van der Waals surface area contributed by atoms with Crippen molar-refractivity contribution in [3.8, 4) is 0 Å². The van der Waals surface area contributed by atoms with Crippen LogP contribution in [-0.4, -0.2) is 25.2 Å². The highest BCUT2D eigenvalue weighted by molar-refractivity contribution is 5.77. The maximum absolute atomic E-state index is 13.1. The molecule has 0 amide bonds. The Morgan fingerprint density at radius 1 is 1.11 bits per heavy atom. The number of aromatic nitrogens is 4. The number of aryl methyl sites for hydroxylation is 3. The Morgan fingerprint density at radius 2 is 1.86 bits per heavy atom. The van der Waals surface area contributed by atoms with E-state index >= 15 is 0 Å². The van der Waals surface area contributed by atoms with Gasteiger partial charge in [-0.3, -0.25) is 13.9 Å². The maximum Gasteiger partial charge on any atom is 0.332 e. The SMILES string of the molecule is Cc1ccc(N2CCn3c2nc2c3c(=O)n(CCC(C)C)c(=O)n2C)cc1C. The van der Waals surface area contributed by atoms with Crippen molar-refractivity contribution in [2.75, 3.05) is 11.4 Å². The molecule has 7 nitrogen and oxygen atoms in total. The Bertz CT molecular complexity index is 1180. The van der Waals surface area contributed by atoms with Crippen molar-refractivity contribution >= 4 is 22.8 Å². The molecule has 0 saturated heterocycles. The van der Waals surface area contributed by atoms with Crippen LogP contribution in [0.1, 0.15) is 31.4 Å². The van der Waals surface area contributed by atoms with Gasteiger partial charge in [0.05, 0.1) is 0 Å². The van der Waals surface area contributed by atoms with Crippen LogP contribution in [0.4, 0.5) is 11.6 Å². The lowest BCUT2D eigenvalue weighted by Crippen LogP contribution is -2.40. The topological polar surface area (TPSA) is 65.1 Å². The zero-order chi connectivity index (χ0) is 20.2. The zero-order valence-corrected chi connectivity index (χ0v) is 17.2. The van der Waals surface area contributed by atoms with Gasteiger partial charge in [0.25, 0.3) is 5.56 Å². The van der Waals surface area contributed by atoms with Crippen LogP contribution in [0.2, 0.25) is 0 Å². The van der Waals surface area contributed by atoms with Crippen LogP contribution >= 0.6 is 0 Å². The average Bonchev–Trinajstić information content (AvgIpc) is 3.21. The summed E-state index contributed by atoms with van der Waals surface area (Å²) in [7, 11) is 1.69. The molecular weight excluding hydrogens is 354 g/mol. The number of rotatable bonds is 4. The van der Waals surface area contributed by atoms with Gasteiger partial charge in [-0.1, -0.05) is 19.9 Å². The van der Waals surface area contributed by atoms with Crippen molar-refractivity contribution in [1.82, 2.24) is 18.7 Å². The molecule has 3 heterocycles. The van der Waals surface area contributed by atoms with Crippen molar-refractivity contribution in [3.63, 3.8) is 0 Å². The van der Waals surface area contributed by atoms with Crippen molar-refractivity contribution in [3.05, 3.63) is 50.2 Å². The summed E-state index contributed by atoms with van der Waals surface area (Å²) in [5, 5.41) is 0. The second-order valence-electron chi connectivity index (χ2n) is 8.14. The Morgan fingerprint density at radius 3 is 2.54 bits per heavy atom. The van der Waals surface area contributed by atoms with E-state index in [4.69, 9.17) is 4.98 Å². The van der Waals surface area contributed by atoms with E-state index in [2.05, 4.69) is 50.8 Å². The van der Waals surface area contributed by atoms with Crippen molar-refractivity contribution < 1.29 is 0 Å². The van der Waals surface area contributed by atoms with E-state index in [1.165, 1.54) is 20.3 Å². The van der Waals surface area contributed by atoms with Crippen LogP contribution < -0.4 is 16.1 Å². The highest BCUT2D eigenvalue weighted by Gasteiger charge is 2.28. The molecule has 0 spiro atoms. The fourth-order valence-corrected chi connectivity index (χ4v) is 3.80. The second-order valence-corrected chi connectivity index (χ2v) is 8.14. The Balaban J connectivity index is 1.88. The normalized spacial score (nSPS) is 13.7. The van der Waals surface area contributed by atoms with Gasteiger partial charge in [-0.2, -0.15) is 4.98 Å². The summed E-state index contributed by atoms with van der Waals surface area (Å²) >= 11 is 0. The van der Waals surface area contributed by atoms with Gasteiger partial charge in [0.15, 0.2) is 11.2 Å². The number of benzene rings is 1. The van der Waals surface area contributed by atoms with Gasteiger partial charge in [-0.05, 0) is 49.4 Å². The third kappa shape index (κ3) is 2.77. The number of imidazole rings is 1. The molecule has 0 N–H and O–H groups in total. The standard InChI is InChI=1S/C21H27N5O2/c1-13(2)8-9-26-19(27)17-18(23(5)21(26)28)22-20-24(10-11-25(17)20)16-7-6-14(3)15(4)12-16/h6-7,12-13H,8-11H2,1-5H3. The predicted octanol–water partition coefficient (Wildman–Crippen LogP) is 2.71. The van der Waals surface area contributed by atoms with Gasteiger partial charge in [-0.15, -0.1) is 0 Å². The van der Waals surface area contributed by atoms with Crippen LogP contribution in [0, 0.1) is 19.8 Å². The van der Waals surface area contributed by atoms with Gasteiger partial charge in [-0.25, -0.2) is 4.79 Å². The molecule has 1 aromatic carbocycles. The van der Waals surface area contributed by atoms with E-state index in [9.17, 15) is 9.59 Å². The molecule has 0 bridgehead atoms. The molecule has 2 aromatic heterocycles. The second kappa shape index (κ2) is 6.65. The Kier molecular flexibility index (Phi) is 4.40. The first-order chi connectivity index (χ1) is 13.3. The summed E-state index contributed by atoms with van der Waals surface area (Å²) in [4.78, 5) is 32.7. The third-order valence-corrected chi connectivity index (χ3v) is 5.73. The fraction of sp³-hybridized carbons (Fsp3) is 0.476. The summed E-state index contributed by atoms with van der Waals surface area (Å²) in [6.07, 6.45) is 0.788. The molecule has 28 heavy (non-hydrogen) atoms. The summed E-state index contributed by atoms with van der Waals surface area (Å²) < 4.78 is 4.81. The molecule has 7 heteroatoms. The predicted molar refractivity (Wildman–Crippen MR) is 112 cm³/mol. The monoisotopic (exact) mass is 381 g/mol. The molecule has 1 aliphatic heterocycles. The maximum atomic E-state index is 13.1. The number of hydrogen-bond donors (Lipinski definition) is 0. The minimum Gasteiger partial charge on any atom is -0.310 e. The summed E-state index contributed by atoms with van der Waals surface area (Å²) in [6, 6.07) is 6.33. The van der Waals surface area contributed by atoms with Gasteiger partial charge in [0.1, 0.15) is 0 Å². The summed E-state index contributed by atoms with van der Waals surface area (Å²) in [5.41, 5.74) is 3.96. The smallest absolute Gasteiger partial charge is 0.310 e. The zero-order valence-electron chi connectivity index (χ0n) is 17.2. The van der Waals surface area contributed by atoms with E-state index in [0.29, 0.717) is 30.2 Å². The lowest BCUT2D eigenvalue weighted by molar-refractivity contribution is 0.487. The molecule has 0 saturated carbocycles. The van der Waals surface area contributed by atoms with Gasteiger partial charge in [0, 0.05) is 32.4 Å². The molecule has 4 rings (SSSR count). The van der Waals surface area contributed by atoms with Crippen LogP contribution in [0.25, 0.3) is 11.2 Å². The first-order valence-corrected chi connectivity index (χ1v) is 9.84. The van der Waals surface area contributed by atoms with Crippen LogP contribution in [0.5, 0.6) is 0 Å². The number of fused-ring (bicyclic) bond motifs is 3. The molecule has 148 valence electrons. The lowest BCUT2D eigenvalue weighted by atomic mass is 10.1. The minimum atomic E-state index is -0.298. The largest absolute Gasteiger partial charge is 0.332 e. The molecule has 3 aromatic rings. The minimum absolute atomic E-state index is 0.237. The third-order valence-electron chi connectivity index (χ3n) is 5.73. The Labute approximate surface area is 163 Å². The van der Waals surface area contributed by atoms with E-state index in [1.807, 2.05) is 4.57 Å². The average molecular weight is 381 g/mol. The van der Waals surface area contributed by atoms with Gasteiger partial charge >= 0.3 is 5.69 Å². The molecule has 1 aliphatic rings. The van der Waals surface area contributed by atoms with E-state index < -0.39 is 0 Å². The molecule has 0 atom stereocenters. The quantitative estimate of drug-likeness (QED) is 0.697. The van der Waals surface area contributed by atoms with Crippen molar-refractivity contribution in [2.45, 2.75) is 47.2 Å². The van der Waals surface area contributed by atoms with E-state index in [0.717, 1.165) is 24.6 Å². The molecular formula is C21H27N5O2. The van der Waals surface area contributed by atoms with Crippen LogP contribution in [0.3, 0.4) is 0 Å². The molecule has 0 fully saturated rings. The van der Waals surface area contributed by atoms with Crippen molar-refractivity contribution in [2.24, 2.45) is 13.0 Å². The molecule has 0 aliphatic carbocycles. The summed E-state index contributed by atoms with van der Waals surface area (Å²) in [6.45, 7) is 10.2. The van der Waals surface area contributed by atoms with Crippen LogP contribution in [-0.2, 0) is 20.1 Å². The van der Waals surface area contributed by atoms with E-state index in [-0.39, 0.29) is 11.2 Å². The highest BCUT2D eigenvalue weighted by atomic mass is 16.2. The number of nitrogens with zero attached hydrogens (tertiary/aromatic N) is 5. The van der Waals surface area contributed by atoms with E-state index in [1.54, 1.807) is 7.05 Å². The summed E-state index contributed by atoms with van der Waals surface area (Å²) in [5.74, 6) is 1.15. The number of anilines is 2. The first kappa shape index (κ1) is 18.5. The molecule has 0 unspecified atom stereocenters. The molecule has 0 radical (unpaired) electrons. The number of hydrogen-bond acceptors (Lipinski definition) is 4. The first-order valence-electron chi connectivity index (χ1n) is 9.84. The lowest BCUT2D eigenvalue weighted by Gasteiger charge is -2.17.